The molecule has 4 rings (SSSR count). The molecule has 208 valence electrons. The Balaban J connectivity index is 1.53. The maximum absolute atomic E-state index is 12.1. The molecule has 3 heterocycles. The Hall–Kier alpha value is -1.72. The largest absolute Gasteiger partial charge is 0.488 e. The van der Waals surface area contributed by atoms with Crippen molar-refractivity contribution in [3.63, 3.8) is 0 Å². The van der Waals surface area contributed by atoms with E-state index < -0.39 is 53.5 Å². The molecule has 0 radical (unpaired) electrons. The number of benzene rings is 1. The van der Waals surface area contributed by atoms with Gasteiger partial charge in [0.1, 0.15) is 30.5 Å². The van der Waals surface area contributed by atoms with Gasteiger partial charge >= 0.3 is 22.4 Å². The van der Waals surface area contributed by atoms with Crippen LogP contribution in [0.5, 0.6) is 0 Å². The molecule has 0 amide bonds. The Morgan fingerprint density at radius 3 is 2.37 bits per heavy atom. The summed E-state index contributed by atoms with van der Waals surface area (Å²) in [6, 6.07) is 9.26. The van der Waals surface area contributed by atoms with E-state index in [4.69, 9.17) is 20.3 Å². The first-order valence-electron chi connectivity index (χ1n) is 10.5. The van der Waals surface area contributed by atoms with Gasteiger partial charge in [0.25, 0.3) is 0 Å². The van der Waals surface area contributed by atoms with Gasteiger partial charge in [0.05, 0.1) is 17.7 Å². The third kappa shape index (κ3) is 6.88. The van der Waals surface area contributed by atoms with E-state index in [1.54, 1.807) is 0 Å². The van der Waals surface area contributed by atoms with Crippen molar-refractivity contribution in [1.82, 2.24) is 19.7 Å². The smallest absolute Gasteiger partial charge is 0.387 e. The average molecular weight is 613 g/mol. The molecule has 0 aliphatic carbocycles. The van der Waals surface area contributed by atoms with Gasteiger partial charge in [-0.05, 0) is 17.4 Å². The number of aliphatic hydroxyl groups is 2. The second-order valence-corrected chi connectivity index (χ2v) is 13.8. The highest BCUT2D eigenvalue weighted by Crippen LogP contribution is 2.66. The number of aliphatic hydroxyl groups excluding tert-OH is 2. The molecule has 1 aromatic carbocycles. The number of ether oxygens (including phenoxy) is 1. The molecule has 38 heavy (non-hydrogen) atoms. The summed E-state index contributed by atoms with van der Waals surface area (Å²) in [5, 5.41) is 26.0. The summed E-state index contributed by atoms with van der Waals surface area (Å²) < 4.78 is 42.8. The molecule has 1 saturated heterocycles. The maximum atomic E-state index is 12.1. The highest BCUT2D eigenvalue weighted by Gasteiger charge is 2.47. The first-order chi connectivity index (χ1) is 17.7. The minimum Gasteiger partial charge on any atom is -0.387 e. The Morgan fingerprint density at radius 2 is 1.71 bits per heavy atom. The van der Waals surface area contributed by atoms with Crippen molar-refractivity contribution in [1.29, 1.82) is 0 Å². The molecule has 0 bridgehead atoms. The monoisotopic (exact) mass is 613 g/mol. The van der Waals surface area contributed by atoms with E-state index in [1.165, 1.54) is 11.0 Å². The van der Waals surface area contributed by atoms with E-state index in [-0.39, 0.29) is 11.5 Å². The van der Waals surface area contributed by atoms with Crippen LogP contribution in [0.4, 0.5) is 5.82 Å². The van der Waals surface area contributed by atoms with Gasteiger partial charge < -0.3 is 40.3 Å². The molecule has 21 heteroatoms. The van der Waals surface area contributed by atoms with Gasteiger partial charge in [0.2, 0.25) is 0 Å². The van der Waals surface area contributed by atoms with Crippen LogP contribution >= 0.6 is 22.4 Å². The lowest BCUT2D eigenvalue weighted by molar-refractivity contribution is -0.0559. The van der Waals surface area contributed by atoms with Crippen LogP contribution in [0.2, 0.25) is 0 Å². The lowest BCUT2D eigenvalue weighted by atomic mass is 10.1. The zero-order valence-corrected chi connectivity index (χ0v) is 22.4. The molecule has 0 spiro atoms. The van der Waals surface area contributed by atoms with Gasteiger partial charge in [-0.15, -0.1) is 0 Å². The highest BCUT2D eigenvalue weighted by atomic mass is 32.5. The van der Waals surface area contributed by atoms with E-state index in [1.807, 2.05) is 30.3 Å². The Bertz CT molecular complexity index is 1460. The molecule has 0 saturated carbocycles. The molecular weight excluding hydrogens is 591 g/mol. The van der Waals surface area contributed by atoms with Crippen LogP contribution in [0.15, 0.2) is 36.7 Å². The third-order valence-electron chi connectivity index (χ3n) is 5.20. The molecule has 1 fully saturated rings. The van der Waals surface area contributed by atoms with Gasteiger partial charge in [0.15, 0.2) is 11.9 Å². The van der Waals surface area contributed by atoms with E-state index in [2.05, 4.69) is 40.0 Å². The van der Waals surface area contributed by atoms with Crippen LogP contribution in [0, 0.1) is 0 Å². The minimum absolute atomic E-state index is 0.116. The van der Waals surface area contributed by atoms with Crippen molar-refractivity contribution < 1.29 is 56.8 Å². The Labute approximate surface area is 218 Å². The average Bonchev–Trinajstić information content (AvgIpc) is 3.29. The number of phosphoric ester groups is 1. The SMILES string of the molecule is Nc1ncnc2c1c(Cc1ccccc1)nn2[C@@H]1O[C@H](COP(=O)(O)OP(=O)(O)OP(O)(O)=S)C(O)C1O. The van der Waals surface area contributed by atoms with Crippen molar-refractivity contribution in [2.75, 3.05) is 12.3 Å². The summed E-state index contributed by atoms with van der Waals surface area (Å²) in [4.78, 5) is 45.2. The second kappa shape index (κ2) is 11.0. The number of rotatable bonds is 10. The van der Waals surface area contributed by atoms with Crippen LogP contribution in [0.25, 0.3) is 11.0 Å². The molecular formula is C17H22N5O12P3S. The number of nitrogens with two attached hydrogens (primary N) is 1. The zero-order valence-electron chi connectivity index (χ0n) is 18.9. The quantitative estimate of drug-likeness (QED) is 0.149. The predicted octanol–water partition coefficient (Wildman–Crippen LogP) is 0.0782. The highest BCUT2D eigenvalue weighted by molar-refractivity contribution is 8.08. The van der Waals surface area contributed by atoms with E-state index in [0.717, 1.165) is 5.56 Å². The summed E-state index contributed by atoms with van der Waals surface area (Å²) in [7, 11) is -10.9. The fraction of sp³-hybridized carbons (Fsp3) is 0.353. The normalized spacial score (nSPS) is 25.3. The predicted molar refractivity (Wildman–Crippen MR) is 131 cm³/mol. The van der Waals surface area contributed by atoms with Crippen molar-refractivity contribution in [3.05, 3.63) is 47.9 Å². The van der Waals surface area contributed by atoms with Gasteiger partial charge in [-0.1, -0.05) is 30.3 Å². The Morgan fingerprint density at radius 1 is 1.03 bits per heavy atom. The first-order valence-corrected chi connectivity index (χ1v) is 16.1. The van der Waals surface area contributed by atoms with Crippen LogP contribution in [-0.2, 0) is 45.2 Å². The van der Waals surface area contributed by atoms with Gasteiger partial charge in [-0.2, -0.15) is 9.41 Å². The fourth-order valence-corrected chi connectivity index (χ4v) is 7.49. The molecule has 4 unspecified atom stereocenters. The molecule has 6 atom stereocenters. The van der Waals surface area contributed by atoms with Crippen molar-refractivity contribution >= 4 is 51.0 Å². The molecule has 3 aromatic rings. The van der Waals surface area contributed by atoms with Crippen molar-refractivity contribution in [2.45, 2.75) is 31.0 Å². The lowest BCUT2D eigenvalue weighted by Crippen LogP contribution is -2.33. The topological polar surface area (TPSA) is 262 Å². The summed E-state index contributed by atoms with van der Waals surface area (Å²) >= 11 is 4.01. The van der Waals surface area contributed by atoms with Crippen molar-refractivity contribution in [3.8, 4) is 0 Å². The van der Waals surface area contributed by atoms with Crippen molar-refractivity contribution in [2.24, 2.45) is 0 Å². The van der Waals surface area contributed by atoms with Crippen LogP contribution in [0.1, 0.15) is 17.5 Å². The third-order valence-corrected chi connectivity index (χ3v) is 9.60. The van der Waals surface area contributed by atoms with Crippen LogP contribution in [0.3, 0.4) is 0 Å². The molecule has 1 aliphatic heterocycles. The number of nitrogens with zero attached hydrogens (tertiary/aromatic N) is 4. The number of aromatic nitrogens is 4. The molecule has 1 aliphatic rings. The number of hydrogen-bond acceptors (Lipinski definition) is 13. The van der Waals surface area contributed by atoms with Gasteiger partial charge in [-0.3, -0.25) is 4.52 Å². The van der Waals surface area contributed by atoms with E-state index >= 15 is 0 Å². The van der Waals surface area contributed by atoms with Gasteiger partial charge in [0, 0.05) is 6.42 Å². The Kier molecular flexibility index (Phi) is 8.50. The van der Waals surface area contributed by atoms with Gasteiger partial charge in [-0.25, -0.2) is 28.1 Å². The van der Waals surface area contributed by atoms with E-state index in [0.29, 0.717) is 17.5 Å². The summed E-state index contributed by atoms with van der Waals surface area (Å²) in [6.07, 6.45) is -4.64. The summed E-state index contributed by atoms with van der Waals surface area (Å²) in [5.41, 5.74) is 7.58. The molecule has 17 nitrogen and oxygen atoms in total. The van der Waals surface area contributed by atoms with Crippen LogP contribution in [-0.4, -0.2) is 74.5 Å². The summed E-state index contributed by atoms with van der Waals surface area (Å²) in [6.45, 7) is -5.67. The van der Waals surface area contributed by atoms with Crippen LogP contribution < -0.4 is 5.73 Å². The standard InChI is InChI=1S/C17H22N5O12P3S/c18-15-12-10(6-9-4-2-1-3-5-9)21-22(16(12)20-8-19-15)17-14(24)13(23)11(32-17)7-31-35(25,26)33-36(27,28)34-37(29,30)38/h1-5,8,11,13-14,17,23-24H,6-7H2,(H,25,26)(H,27,28)(H2,18,19,20)(H2,29,30,38)/t11-,13?,14?,17-/m1/s1. The number of nitrogen functional groups attached to an aromatic ring is 1. The van der Waals surface area contributed by atoms with E-state index in [9.17, 15) is 29.1 Å². The number of phosphoric acid groups is 2. The summed E-state index contributed by atoms with van der Waals surface area (Å²) in [5.74, 6) is 0.116. The number of fused-ring (bicyclic) bond motifs is 1. The molecule has 8 N–H and O–H groups in total. The number of hydrogen-bond donors (Lipinski definition) is 7. The maximum Gasteiger partial charge on any atom is 0.488 e. The zero-order chi connectivity index (χ0) is 27.9. The number of anilines is 1. The first kappa shape index (κ1) is 29.3. The minimum atomic E-state index is -5.53. The second-order valence-electron chi connectivity index (χ2n) is 7.94. The lowest BCUT2D eigenvalue weighted by Gasteiger charge is -2.19. The molecule has 2 aromatic heterocycles. The fourth-order valence-electron chi connectivity index (χ4n) is 3.70.